The van der Waals surface area contributed by atoms with E-state index in [9.17, 15) is 4.79 Å². The summed E-state index contributed by atoms with van der Waals surface area (Å²) < 4.78 is 1.86. The summed E-state index contributed by atoms with van der Waals surface area (Å²) in [6, 6.07) is -0.631. The van der Waals surface area contributed by atoms with Crippen LogP contribution in [0.3, 0.4) is 0 Å². The van der Waals surface area contributed by atoms with Crippen LogP contribution in [0.2, 0.25) is 0 Å². The molecule has 0 unspecified atom stereocenters. The Morgan fingerprint density at radius 3 is 1.71 bits per heavy atom. The second-order valence-electron chi connectivity index (χ2n) is 0.476. The minimum Gasteiger partial charge on any atom is -0.351 e. The number of hydrogen-bond donors (Lipinski definition) is 5. The summed E-state index contributed by atoms with van der Waals surface area (Å²) in [7, 11) is 0. The summed E-state index contributed by atoms with van der Waals surface area (Å²) in [6.07, 6.45) is 0. The molecule has 0 bridgehead atoms. The lowest BCUT2D eigenvalue weighted by molar-refractivity contribution is 0.254. The fraction of sp³-hybridized carbons (Fsp3) is 0. The quantitative estimate of drug-likeness (QED) is 0.151. The first kappa shape index (κ1) is 9.74. The van der Waals surface area contributed by atoms with Gasteiger partial charge in [0.2, 0.25) is 0 Å². The highest BCUT2D eigenvalue weighted by molar-refractivity contribution is 7.78. The Morgan fingerprint density at radius 1 is 1.57 bits per heavy atom. The fourth-order valence-electron chi connectivity index (χ4n) is 0. The van der Waals surface area contributed by atoms with Gasteiger partial charge in [-0.05, 0) is 0 Å². The molecule has 7 heavy (non-hydrogen) atoms. The number of nitrogens with one attached hydrogen (secondary N) is 1. The average molecular weight is 124 g/mol. The van der Waals surface area contributed by atoms with Crippen molar-refractivity contribution in [3.05, 3.63) is 0 Å². The lowest BCUT2D eigenvalue weighted by Gasteiger charge is -1.79. The van der Waals surface area contributed by atoms with Gasteiger partial charge < -0.3 is 5.73 Å². The predicted octanol–water partition coefficient (Wildman–Crippen LogP) is -1.68. The van der Waals surface area contributed by atoms with Gasteiger partial charge in [-0.15, -0.1) is 0 Å². The molecule has 0 aliphatic carbocycles. The van der Waals surface area contributed by atoms with Crippen molar-refractivity contribution < 1.29 is 4.79 Å². The highest BCUT2D eigenvalue weighted by atomic mass is 32.1. The molecule has 0 aliphatic heterocycles. The number of amides is 2. The normalized spacial score (nSPS) is 5.57. The van der Waals surface area contributed by atoms with Crippen LogP contribution in [-0.2, 0) is 0 Å². The third-order valence-electron chi connectivity index (χ3n) is 0.110. The van der Waals surface area contributed by atoms with Gasteiger partial charge in [-0.25, -0.2) is 4.79 Å². The molecule has 6 heteroatoms. The van der Waals surface area contributed by atoms with Crippen molar-refractivity contribution in [2.45, 2.75) is 0 Å². The number of primary amides is 1. The van der Waals surface area contributed by atoms with Crippen molar-refractivity contribution in [3.63, 3.8) is 0 Å². The molecule has 7 N–H and O–H groups in total. The van der Waals surface area contributed by atoms with Crippen LogP contribution in [0, 0.1) is 0 Å². The van der Waals surface area contributed by atoms with Gasteiger partial charge in [0.15, 0.2) is 0 Å². The summed E-state index contributed by atoms with van der Waals surface area (Å²) in [6.45, 7) is 0. The van der Waals surface area contributed by atoms with Crippen LogP contribution < -0.4 is 22.1 Å². The van der Waals surface area contributed by atoms with E-state index in [-0.39, 0.29) is 0 Å². The summed E-state index contributed by atoms with van der Waals surface area (Å²) in [5, 5.41) is 0. The molecule has 0 rings (SSSR count). The number of carbonyl (C=O) groups excluding carboxylic acids is 1. The zero-order valence-electron chi connectivity index (χ0n) is 3.59. The summed E-state index contributed by atoms with van der Waals surface area (Å²) in [4.78, 5) is 9.40. The van der Waals surface area contributed by atoms with E-state index in [2.05, 4.69) is 30.2 Å². The van der Waals surface area contributed by atoms with Crippen molar-refractivity contribution in [1.29, 1.82) is 0 Å². The Bertz CT molecular complexity index is 47.0. The van der Waals surface area contributed by atoms with Gasteiger partial charge in [0.25, 0.3) is 0 Å². The van der Waals surface area contributed by atoms with E-state index in [1.54, 1.807) is 0 Å². The molecule has 0 heterocycles. The predicted molar refractivity (Wildman–Crippen MR) is 30.1 cm³/mol. The minimum atomic E-state index is -0.631. The van der Waals surface area contributed by atoms with Gasteiger partial charge in [-0.2, -0.15) is 0 Å². The molecule has 0 atom stereocenters. The third-order valence-corrected chi connectivity index (χ3v) is 0.331. The van der Waals surface area contributed by atoms with Crippen LogP contribution >= 0.6 is 12.8 Å². The standard InChI is InChI=1S/CH4N2OS.H4N2/c2-1(4)3-5;1-2/h5H,(H3,2,3,4);1-2H2. The molecule has 0 aromatic carbocycles. The van der Waals surface area contributed by atoms with E-state index in [1.807, 2.05) is 4.72 Å². The molecule has 0 aromatic heterocycles. The van der Waals surface area contributed by atoms with Gasteiger partial charge in [-0.1, -0.05) is 12.8 Å². The average Bonchev–Trinajstić information content (AvgIpc) is 1.73. The number of carbonyl (C=O) groups is 1. The number of hydrogen-bond acceptors (Lipinski definition) is 4. The zero-order chi connectivity index (χ0) is 6.28. The van der Waals surface area contributed by atoms with Crippen LogP contribution in [0.5, 0.6) is 0 Å². The lowest BCUT2D eigenvalue weighted by atomic mass is 11.2. The molecule has 0 aliphatic rings. The fourth-order valence-corrected chi connectivity index (χ4v) is 0. The van der Waals surface area contributed by atoms with Crippen LogP contribution in [0.4, 0.5) is 4.79 Å². The van der Waals surface area contributed by atoms with E-state index in [0.717, 1.165) is 0 Å². The van der Waals surface area contributed by atoms with Crippen molar-refractivity contribution >= 4 is 18.8 Å². The molecule has 0 spiro atoms. The number of rotatable bonds is 0. The molecule has 5 nitrogen and oxygen atoms in total. The Morgan fingerprint density at radius 2 is 1.71 bits per heavy atom. The Kier molecular flexibility index (Phi) is 12.7. The molecular weight excluding hydrogens is 116 g/mol. The van der Waals surface area contributed by atoms with Crippen molar-refractivity contribution in [1.82, 2.24) is 4.72 Å². The van der Waals surface area contributed by atoms with Crippen LogP contribution in [-0.4, -0.2) is 6.03 Å². The number of urea groups is 1. The molecule has 2 amide bonds. The van der Waals surface area contributed by atoms with Crippen LogP contribution in [0.25, 0.3) is 0 Å². The van der Waals surface area contributed by atoms with Gasteiger partial charge >= 0.3 is 6.03 Å². The van der Waals surface area contributed by atoms with E-state index < -0.39 is 6.03 Å². The second-order valence-corrected chi connectivity index (χ2v) is 0.700. The lowest BCUT2D eigenvalue weighted by Crippen LogP contribution is -2.20. The SMILES string of the molecule is NC(=O)NS.NN. The summed E-state index contributed by atoms with van der Waals surface area (Å²) in [5.41, 5.74) is 4.47. The molecule has 0 saturated carbocycles. The highest BCUT2D eigenvalue weighted by Gasteiger charge is 1.74. The highest BCUT2D eigenvalue weighted by Crippen LogP contribution is 1.52. The zero-order valence-corrected chi connectivity index (χ0v) is 4.48. The van der Waals surface area contributed by atoms with Gasteiger partial charge in [-0.3, -0.25) is 16.4 Å². The summed E-state index contributed by atoms with van der Waals surface area (Å²) >= 11 is 3.29. The van der Waals surface area contributed by atoms with Crippen LogP contribution in [0.15, 0.2) is 0 Å². The van der Waals surface area contributed by atoms with E-state index in [4.69, 9.17) is 0 Å². The molecule has 0 fully saturated rings. The maximum atomic E-state index is 9.40. The molecule has 0 saturated heterocycles. The number of hydrazine groups is 1. The molecule has 0 radical (unpaired) electrons. The van der Waals surface area contributed by atoms with Gasteiger partial charge in [0.1, 0.15) is 0 Å². The molecule has 0 aromatic rings. The van der Waals surface area contributed by atoms with Crippen molar-refractivity contribution in [2.24, 2.45) is 17.4 Å². The van der Waals surface area contributed by atoms with Crippen molar-refractivity contribution in [3.8, 4) is 0 Å². The topological polar surface area (TPSA) is 107 Å². The van der Waals surface area contributed by atoms with Crippen molar-refractivity contribution in [2.75, 3.05) is 0 Å². The van der Waals surface area contributed by atoms with Crippen LogP contribution in [0.1, 0.15) is 0 Å². The monoisotopic (exact) mass is 124 g/mol. The maximum Gasteiger partial charge on any atom is 0.321 e. The number of nitrogens with two attached hydrogens (primary N) is 3. The van der Waals surface area contributed by atoms with E-state index >= 15 is 0 Å². The minimum absolute atomic E-state index is 0.631. The Balaban J connectivity index is 0. The first-order valence-electron chi connectivity index (χ1n) is 1.30. The maximum absolute atomic E-state index is 9.40. The second kappa shape index (κ2) is 9.11. The van der Waals surface area contributed by atoms with Gasteiger partial charge in [0.05, 0.1) is 0 Å². The van der Waals surface area contributed by atoms with E-state index in [1.165, 1.54) is 0 Å². The first-order valence-corrected chi connectivity index (χ1v) is 1.75. The Labute approximate surface area is 46.7 Å². The third kappa shape index (κ3) is 29.3. The summed E-state index contributed by atoms with van der Waals surface area (Å²) in [5.74, 6) is 8.00. The van der Waals surface area contributed by atoms with Gasteiger partial charge in [0, 0.05) is 0 Å². The molecule has 44 valence electrons. The number of thiol groups is 1. The Hall–Kier alpha value is -0.460. The first-order chi connectivity index (χ1) is 3.27. The molecular formula is CH8N4OS. The largest absolute Gasteiger partial charge is 0.351 e. The van der Waals surface area contributed by atoms with E-state index in [0.29, 0.717) is 0 Å². The smallest absolute Gasteiger partial charge is 0.321 e.